The largest absolute Gasteiger partial charge is 0.343 e. The fourth-order valence-corrected chi connectivity index (χ4v) is 6.33. The Morgan fingerprint density at radius 2 is 1.42 bits per heavy atom. The zero-order valence-electron chi connectivity index (χ0n) is 31.3. The van der Waals surface area contributed by atoms with Crippen molar-refractivity contribution in [3.05, 3.63) is 71.8 Å². The highest BCUT2D eigenvalue weighted by molar-refractivity contribution is 5.94. The molecule has 52 heavy (non-hydrogen) atoms. The van der Waals surface area contributed by atoms with E-state index in [2.05, 4.69) is 38.8 Å². The maximum atomic E-state index is 13.9. The van der Waals surface area contributed by atoms with Crippen LogP contribution in [-0.4, -0.2) is 98.5 Å². The maximum Gasteiger partial charge on any atom is 0.314 e. The summed E-state index contributed by atoms with van der Waals surface area (Å²) in [5, 5.41) is 17.4. The highest BCUT2D eigenvalue weighted by Gasteiger charge is 2.33. The van der Waals surface area contributed by atoms with Gasteiger partial charge in [0.2, 0.25) is 23.6 Å². The maximum absolute atomic E-state index is 13.9. The highest BCUT2D eigenvalue weighted by Crippen LogP contribution is 2.16. The number of benzene rings is 2. The minimum atomic E-state index is -0.933. The van der Waals surface area contributed by atoms with Crippen LogP contribution in [0.2, 0.25) is 0 Å². The zero-order valence-corrected chi connectivity index (χ0v) is 31.3. The van der Waals surface area contributed by atoms with Crippen LogP contribution in [0.1, 0.15) is 76.3 Å². The second kappa shape index (κ2) is 22.4. The molecule has 0 saturated carbocycles. The summed E-state index contributed by atoms with van der Waals surface area (Å²) in [6, 6.07) is 16.5. The van der Waals surface area contributed by atoms with Gasteiger partial charge in [-0.05, 0) is 68.0 Å². The molecule has 0 radical (unpaired) electrons. The summed E-state index contributed by atoms with van der Waals surface area (Å²) in [5.41, 5.74) is 7.76. The molecule has 1 heterocycles. The summed E-state index contributed by atoms with van der Waals surface area (Å²) < 4.78 is 0. The van der Waals surface area contributed by atoms with Crippen LogP contribution in [0.15, 0.2) is 60.7 Å². The molecule has 0 aliphatic carbocycles. The van der Waals surface area contributed by atoms with Gasteiger partial charge in [-0.3, -0.25) is 19.2 Å². The van der Waals surface area contributed by atoms with Gasteiger partial charge in [0.05, 0.1) is 6.54 Å². The first-order valence-electron chi connectivity index (χ1n) is 18.7. The Labute approximate surface area is 309 Å². The number of carbonyl (C=O) groups is 5. The van der Waals surface area contributed by atoms with Crippen LogP contribution >= 0.6 is 0 Å². The molecule has 6 amide bonds. The van der Waals surface area contributed by atoms with Gasteiger partial charge in [-0.2, -0.15) is 0 Å². The topological polar surface area (TPSA) is 187 Å². The van der Waals surface area contributed by atoms with Gasteiger partial charge in [0.25, 0.3) is 0 Å². The van der Waals surface area contributed by atoms with E-state index in [4.69, 9.17) is 5.73 Å². The Morgan fingerprint density at radius 1 is 0.808 bits per heavy atom. The molecule has 0 spiro atoms. The predicted molar refractivity (Wildman–Crippen MR) is 203 cm³/mol. The highest BCUT2D eigenvalue weighted by atomic mass is 16.2. The molecule has 286 valence electrons. The SMILES string of the molecule is CNC(=O)NC1CCN(C(=O)C(CCCCN)NC(=O)C(CC(C)C)NC(=O)C(Cc2ccccc2)NC(=O)CNCC(C)c2ccccc2)CC1. The second-order valence-corrected chi connectivity index (χ2v) is 14.1. The van der Waals surface area contributed by atoms with Gasteiger partial charge in [-0.25, -0.2) is 4.79 Å². The Hall–Kier alpha value is -4.49. The minimum Gasteiger partial charge on any atom is -0.343 e. The lowest BCUT2D eigenvalue weighted by Crippen LogP contribution is -2.58. The van der Waals surface area contributed by atoms with Crippen molar-refractivity contribution in [3.63, 3.8) is 0 Å². The van der Waals surface area contributed by atoms with Crippen molar-refractivity contribution in [1.29, 1.82) is 0 Å². The van der Waals surface area contributed by atoms with Crippen LogP contribution in [0.4, 0.5) is 4.79 Å². The van der Waals surface area contributed by atoms with Crippen molar-refractivity contribution in [3.8, 4) is 0 Å². The first kappa shape index (κ1) is 41.9. The first-order chi connectivity index (χ1) is 25.0. The van der Waals surface area contributed by atoms with Crippen molar-refractivity contribution in [2.24, 2.45) is 11.7 Å². The fourth-order valence-electron chi connectivity index (χ4n) is 6.33. The molecule has 0 aromatic heterocycles. The van der Waals surface area contributed by atoms with Gasteiger partial charge in [-0.1, -0.05) is 81.4 Å². The number of amides is 6. The molecule has 2 aromatic rings. The van der Waals surface area contributed by atoms with Gasteiger partial charge in [0.1, 0.15) is 18.1 Å². The van der Waals surface area contributed by atoms with Gasteiger partial charge >= 0.3 is 6.03 Å². The summed E-state index contributed by atoms with van der Waals surface area (Å²) >= 11 is 0. The molecular weight excluding hydrogens is 660 g/mol. The zero-order chi connectivity index (χ0) is 37.9. The molecule has 4 unspecified atom stereocenters. The van der Waals surface area contributed by atoms with Crippen LogP contribution in [0.25, 0.3) is 0 Å². The van der Waals surface area contributed by atoms with E-state index in [1.165, 1.54) is 0 Å². The fraction of sp³-hybridized carbons (Fsp3) is 0.564. The van der Waals surface area contributed by atoms with Crippen LogP contribution in [-0.2, 0) is 25.6 Å². The summed E-state index contributed by atoms with van der Waals surface area (Å²) in [6.07, 6.45) is 3.53. The van der Waals surface area contributed by atoms with Crippen LogP contribution in [0.5, 0.6) is 0 Å². The van der Waals surface area contributed by atoms with Gasteiger partial charge in [0.15, 0.2) is 0 Å². The Bertz CT molecular complexity index is 1400. The van der Waals surface area contributed by atoms with Crippen LogP contribution < -0.4 is 37.6 Å². The van der Waals surface area contributed by atoms with E-state index in [-0.39, 0.29) is 48.7 Å². The lowest BCUT2D eigenvalue weighted by Gasteiger charge is -2.35. The third-order valence-corrected chi connectivity index (χ3v) is 9.31. The van der Waals surface area contributed by atoms with E-state index in [1.807, 2.05) is 74.5 Å². The third kappa shape index (κ3) is 14.6. The standard InChI is InChI=1S/C39H60N8O5/c1-27(2)23-33(36(49)45-32(17-11-12-20-40)38(51)47-21-18-31(19-22-47)43-39(52)41-4)46-37(50)34(24-29-13-7-5-8-14-29)44-35(48)26-42-25-28(3)30-15-9-6-10-16-30/h5-10,13-16,27-28,31-34,42H,11-12,17-26,40H2,1-4H3,(H,44,48)(H,45,49)(H,46,50)(H2,41,43,52). The lowest BCUT2D eigenvalue weighted by molar-refractivity contribution is -0.138. The van der Waals surface area contributed by atoms with E-state index >= 15 is 0 Å². The van der Waals surface area contributed by atoms with Gasteiger partial charge < -0.3 is 42.5 Å². The van der Waals surface area contributed by atoms with Gasteiger partial charge in [0, 0.05) is 39.1 Å². The Morgan fingerprint density at radius 3 is 2.04 bits per heavy atom. The van der Waals surface area contributed by atoms with E-state index in [9.17, 15) is 24.0 Å². The summed E-state index contributed by atoms with van der Waals surface area (Å²) in [4.78, 5) is 68.2. The molecule has 1 saturated heterocycles. The van der Waals surface area contributed by atoms with E-state index in [1.54, 1.807) is 11.9 Å². The molecule has 1 aliphatic heterocycles. The number of urea groups is 1. The van der Waals surface area contributed by atoms with E-state index in [0.717, 1.165) is 11.1 Å². The number of unbranched alkanes of at least 4 members (excludes halogenated alkanes) is 1. The number of carbonyl (C=O) groups excluding carboxylic acids is 5. The number of rotatable bonds is 20. The molecule has 13 heteroatoms. The van der Waals surface area contributed by atoms with Crippen molar-refractivity contribution in [2.45, 2.75) is 95.8 Å². The van der Waals surface area contributed by atoms with Crippen LogP contribution in [0, 0.1) is 5.92 Å². The second-order valence-electron chi connectivity index (χ2n) is 14.1. The van der Waals surface area contributed by atoms with Crippen molar-refractivity contribution in [2.75, 3.05) is 39.8 Å². The normalized spacial score (nSPS) is 15.5. The first-order valence-corrected chi connectivity index (χ1v) is 18.7. The third-order valence-electron chi connectivity index (χ3n) is 9.31. The number of likely N-dealkylation sites (tertiary alicyclic amines) is 1. The minimum absolute atomic E-state index is 0.0252. The number of nitrogens with two attached hydrogens (primary N) is 1. The molecular formula is C39H60N8O5. The molecule has 2 aromatic carbocycles. The van der Waals surface area contributed by atoms with E-state index in [0.29, 0.717) is 64.7 Å². The molecule has 8 N–H and O–H groups in total. The summed E-state index contributed by atoms with van der Waals surface area (Å²) in [6.45, 7) is 7.96. The monoisotopic (exact) mass is 720 g/mol. The average molecular weight is 721 g/mol. The van der Waals surface area contributed by atoms with Gasteiger partial charge in [-0.15, -0.1) is 0 Å². The lowest BCUT2D eigenvalue weighted by atomic mass is 9.99. The van der Waals surface area contributed by atoms with Crippen molar-refractivity contribution < 1.29 is 24.0 Å². The number of hydrogen-bond acceptors (Lipinski definition) is 7. The molecule has 13 nitrogen and oxygen atoms in total. The number of nitrogens with one attached hydrogen (secondary N) is 6. The summed E-state index contributed by atoms with van der Waals surface area (Å²) in [5.74, 6) is -1.22. The number of nitrogens with zero attached hydrogens (tertiary/aromatic N) is 1. The Kier molecular flexibility index (Phi) is 18.1. The van der Waals surface area contributed by atoms with E-state index < -0.39 is 29.9 Å². The molecule has 0 bridgehead atoms. The smallest absolute Gasteiger partial charge is 0.314 e. The van der Waals surface area contributed by atoms with Crippen LogP contribution in [0.3, 0.4) is 0 Å². The number of piperidine rings is 1. The molecule has 3 rings (SSSR count). The average Bonchev–Trinajstić information content (AvgIpc) is 3.14. The van der Waals surface area contributed by atoms with Crippen molar-refractivity contribution >= 4 is 29.7 Å². The molecule has 1 aliphatic rings. The summed E-state index contributed by atoms with van der Waals surface area (Å²) in [7, 11) is 1.56. The number of hydrogen-bond donors (Lipinski definition) is 7. The van der Waals surface area contributed by atoms with Crippen molar-refractivity contribution in [1.82, 2.24) is 36.8 Å². The molecule has 1 fully saturated rings. The molecule has 4 atom stereocenters. The Balaban J connectivity index is 1.69. The quantitative estimate of drug-likeness (QED) is 0.102. The predicted octanol–water partition coefficient (Wildman–Crippen LogP) is 2.17.